The van der Waals surface area contributed by atoms with E-state index in [9.17, 15) is 15.0 Å². The van der Waals surface area contributed by atoms with Gasteiger partial charge in [-0.1, -0.05) is 92.2 Å². The smallest absolute Gasteiger partial charge is 0.303 e. The number of carboxylic acids is 1. The topological polar surface area (TPSA) is 70.4 Å². The number of nitrogens with zero attached hydrogens (tertiary/aromatic N) is 1. The third-order valence-corrected chi connectivity index (χ3v) is 8.48. The number of hydrogen-bond acceptors (Lipinski definition) is 4. The third-order valence-electron chi connectivity index (χ3n) is 6.37. The molecule has 2 rings (SSSR count). The van der Waals surface area contributed by atoms with E-state index >= 15 is 0 Å². The fourth-order valence-electron chi connectivity index (χ4n) is 4.40. The van der Waals surface area contributed by atoms with Crippen molar-refractivity contribution in [3.05, 3.63) is 119 Å². The van der Waals surface area contributed by atoms with Crippen LogP contribution in [0.4, 0.5) is 0 Å². The van der Waals surface area contributed by atoms with Crippen molar-refractivity contribution in [2.75, 3.05) is 5.75 Å². The fourth-order valence-corrected chi connectivity index (χ4v) is 5.94. The molecular formula is C35H44ClNO3S. The Labute approximate surface area is 255 Å². The highest BCUT2D eigenvalue weighted by molar-refractivity contribution is 8.00. The molecule has 0 bridgehead atoms. The van der Waals surface area contributed by atoms with E-state index in [-0.39, 0.29) is 17.1 Å². The van der Waals surface area contributed by atoms with E-state index in [1.807, 2.05) is 101 Å². The summed E-state index contributed by atoms with van der Waals surface area (Å²) in [6.45, 7) is 9.68. The molecule has 0 radical (unpaired) electrons. The fraction of sp³-hybridized carbons (Fsp3) is 0.371. The van der Waals surface area contributed by atoms with Gasteiger partial charge in [-0.25, -0.2) is 0 Å². The summed E-state index contributed by atoms with van der Waals surface area (Å²) in [5, 5.41) is 20.9. The van der Waals surface area contributed by atoms with Crippen LogP contribution < -0.4 is 0 Å². The summed E-state index contributed by atoms with van der Waals surface area (Å²) in [5.74, 6) is -0.0536. The monoisotopic (exact) mass is 593 g/mol. The maximum atomic E-state index is 11.4. The molecule has 1 heterocycles. The Balaban J connectivity index is 2.32. The normalized spacial score (nSPS) is 13.4. The number of aryl methyl sites for hydroxylation is 1. The van der Waals surface area contributed by atoms with Gasteiger partial charge in [0.2, 0.25) is 0 Å². The largest absolute Gasteiger partial charge is 0.481 e. The summed E-state index contributed by atoms with van der Waals surface area (Å²) in [6, 6.07) is 19.3. The van der Waals surface area contributed by atoms with Crippen molar-refractivity contribution >= 4 is 35.4 Å². The van der Waals surface area contributed by atoms with Crippen LogP contribution in [0.1, 0.15) is 70.7 Å². The highest BCUT2D eigenvalue weighted by Crippen LogP contribution is 2.34. The second-order valence-corrected chi connectivity index (χ2v) is 12.9. The first kappa shape index (κ1) is 34.3. The molecule has 0 fully saturated rings. The highest BCUT2D eigenvalue weighted by Gasteiger charge is 2.25. The number of aliphatic carboxylic acids is 1. The van der Waals surface area contributed by atoms with Gasteiger partial charge >= 0.3 is 5.97 Å². The highest BCUT2D eigenvalue weighted by atomic mass is 35.5. The molecule has 0 spiro atoms. The third kappa shape index (κ3) is 13.6. The predicted octanol–water partition coefficient (Wildman–Crippen LogP) is 9.23. The van der Waals surface area contributed by atoms with Crippen LogP contribution in [0.5, 0.6) is 0 Å². The molecule has 1 aromatic heterocycles. The first-order chi connectivity index (χ1) is 19.4. The zero-order valence-electron chi connectivity index (χ0n) is 24.9. The van der Waals surface area contributed by atoms with Gasteiger partial charge in [0.1, 0.15) is 0 Å². The molecule has 1 aromatic carbocycles. The van der Waals surface area contributed by atoms with Crippen LogP contribution in [-0.2, 0) is 16.8 Å². The Morgan fingerprint density at radius 3 is 2.46 bits per heavy atom. The van der Waals surface area contributed by atoms with E-state index in [0.29, 0.717) is 5.02 Å². The van der Waals surface area contributed by atoms with Gasteiger partial charge in [-0.3, -0.25) is 9.78 Å². The minimum atomic E-state index is -0.922. The van der Waals surface area contributed by atoms with Crippen molar-refractivity contribution in [1.82, 2.24) is 4.98 Å². The average molecular weight is 594 g/mol. The number of benzene rings is 1. The molecule has 41 heavy (non-hydrogen) atoms. The van der Waals surface area contributed by atoms with Crippen molar-refractivity contribution in [3.8, 4) is 0 Å². The van der Waals surface area contributed by atoms with Crippen LogP contribution in [-0.4, -0.2) is 32.2 Å². The molecule has 0 unspecified atom stereocenters. The van der Waals surface area contributed by atoms with Gasteiger partial charge in [-0.2, -0.15) is 11.8 Å². The summed E-state index contributed by atoms with van der Waals surface area (Å²) < 4.78 is 0. The summed E-state index contributed by atoms with van der Waals surface area (Å²) in [6.07, 6.45) is 14.7. The summed E-state index contributed by atoms with van der Waals surface area (Å²) in [5.41, 5.74) is 2.85. The molecule has 0 amide bonds. The minimum Gasteiger partial charge on any atom is -0.481 e. The molecule has 0 aliphatic heterocycles. The van der Waals surface area contributed by atoms with Crippen molar-refractivity contribution < 1.29 is 15.0 Å². The van der Waals surface area contributed by atoms with Gasteiger partial charge < -0.3 is 10.2 Å². The van der Waals surface area contributed by atoms with E-state index in [1.54, 1.807) is 12.3 Å². The molecule has 0 aliphatic carbocycles. The summed E-state index contributed by atoms with van der Waals surface area (Å²) in [4.78, 5) is 15.9. The predicted molar refractivity (Wildman–Crippen MR) is 176 cm³/mol. The van der Waals surface area contributed by atoms with Gasteiger partial charge in [0, 0.05) is 16.5 Å². The Hall–Kier alpha value is -2.86. The first-order valence-electron chi connectivity index (χ1n) is 14.0. The van der Waals surface area contributed by atoms with E-state index in [2.05, 4.69) is 35.4 Å². The average Bonchev–Trinajstić information content (AvgIpc) is 2.89. The van der Waals surface area contributed by atoms with Gasteiger partial charge in [0.25, 0.3) is 0 Å². The van der Waals surface area contributed by atoms with Crippen LogP contribution >= 0.6 is 23.4 Å². The number of allylic oxidation sites excluding steroid dienone is 4. The van der Waals surface area contributed by atoms with E-state index in [1.165, 1.54) is 5.57 Å². The van der Waals surface area contributed by atoms with Gasteiger partial charge in [-0.15, -0.1) is 0 Å². The lowest BCUT2D eigenvalue weighted by atomic mass is 9.90. The van der Waals surface area contributed by atoms with Crippen molar-refractivity contribution in [2.45, 2.75) is 71.2 Å². The van der Waals surface area contributed by atoms with Crippen LogP contribution in [0.15, 0.2) is 96.7 Å². The molecule has 220 valence electrons. The molecule has 2 aromatic rings. The lowest BCUT2D eigenvalue weighted by molar-refractivity contribution is -0.138. The Morgan fingerprint density at radius 1 is 1.05 bits per heavy atom. The number of carbonyl (C=O) groups is 1. The molecule has 0 aliphatic rings. The molecule has 1 atom stereocenters. The molecule has 4 nitrogen and oxygen atoms in total. The van der Waals surface area contributed by atoms with E-state index in [0.717, 1.165) is 41.8 Å². The maximum Gasteiger partial charge on any atom is 0.303 e. The van der Waals surface area contributed by atoms with Crippen molar-refractivity contribution in [3.63, 3.8) is 0 Å². The zero-order chi connectivity index (χ0) is 30.3. The summed E-state index contributed by atoms with van der Waals surface area (Å²) >= 11 is 7.92. The van der Waals surface area contributed by atoms with Crippen LogP contribution in [0.25, 0.3) is 6.08 Å². The van der Waals surface area contributed by atoms with E-state index < -0.39 is 11.6 Å². The summed E-state index contributed by atoms with van der Waals surface area (Å²) in [7, 11) is 0. The lowest BCUT2D eigenvalue weighted by Gasteiger charge is -2.27. The van der Waals surface area contributed by atoms with Gasteiger partial charge in [-0.05, 0) is 92.2 Å². The second-order valence-electron chi connectivity index (χ2n) is 11.3. The number of aliphatic hydroxyl groups is 1. The standard InChI is InChI=1S/C35H44ClNO3S/c1-6-14-28(16-10-12-19-30-18-9-7-8-17-29(36)23-24-37-30)32(41-26-34(2,3)25-33(38)39)22-21-27-15-11-13-20-31(27)35(4,5)40/h6-9,11-20,23-24,32,40H,10,21-22,25-26H2,1-5H3,(H,38,39)/b8-7?,9-7?,14-6-,17-8?,18-9?,19-12+,24-23?,28-16+,29-17?,29-23?,30-18?,37-24?,37-30?/t32-/m1/s1. The molecule has 0 saturated carbocycles. The Bertz CT molecular complexity index is 1280. The molecule has 2 N–H and O–H groups in total. The first-order valence-corrected chi connectivity index (χ1v) is 15.4. The number of carboxylic acid groups (broad SMARTS) is 1. The quantitative estimate of drug-likeness (QED) is 0.214. The lowest BCUT2D eigenvalue weighted by Crippen LogP contribution is -2.22. The Morgan fingerprint density at radius 2 is 1.76 bits per heavy atom. The number of thioether (sulfide) groups is 1. The van der Waals surface area contributed by atoms with Crippen LogP contribution in [0.3, 0.4) is 0 Å². The Kier molecular flexibility index (Phi) is 14.4. The number of rotatable bonds is 14. The van der Waals surface area contributed by atoms with Gasteiger partial charge in [0.15, 0.2) is 0 Å². The van der Waals surface area contributed by atoms with E-state index in [4.69, 9.17) is 11.6 Å². The number of aromatic nitrogens is 1. The van der Waals surface area contributed by atoms with Gasteiger partial charge in [0.05, 0.1) is 17.7 Å². The van der Waals surface area contributed by atoms with Crippen molar-refractivity contribution in [1.29, 1.82) is 0 Å². The molecule has 6 heteroatoms. The van der Waals surface area contributed by atoms with Crippen molar-refractivity contribution in [2.24, 2.45) is 5.41 Å². The number of hydrogen-bond donors (Lipinski definition) is 2. The SMILES string of the molecule is C/C=C\C(=C/C/C=C/c1cccccc(Cl)ccn1)[C@@H](CCc1ccccc1C(C)(C)O)SCC(C)(C)CC(=O)O. The zero-order valence-corrected chi connectivity index (χ0v) is 26.5. The van der Waals surface area contributed by atoms with Crippen LogP contribution in [0, 0.1) is 5.41 Å². The molecular weight excluding hydrogens is 550 g/mol. The minimum absolute atomic E-state index is 0.125. The maximum absolute atomic E-state index is 11.4. The molecule has 0 saturated heterocycles. The second kappa shape index (κ2) is 17.2. The number of halogens is 1. The van der Waals surface area contributed by atoms with Crippen LogP contribution in [0.2, 0.25) is 5.02 Å².